The number of ether oxygens (including phenoxy) is 1. The number of halogens is 1. The van der Waals surface area contributed by atoms with Gasteiger partial charge >= 0.3 is 0 Å². The lowest BCUT2D eigenvalue weighted by Crippen LogP contribution is -2.43. The molecule has 0 atom stereocenters. The van der Waals surface area contributed by atoms with Gasteiger partial charge in [0.25, 0.3) is 5.91 Å². The van der Waals surface area contributed by atoms with Gasteiger partial charge in [0.1, 0.15) is 5.75 Å². The predicted octanol–water partition coefficient (Wildman–Crippen LogP) is 4.17. The van der Waals surface area contributed by atoms with Gasteiger partial charge in [0.15, 0.2) is 0 Å². The van der Waals surface area contributed by atoms with Crippen LogP contribution in [0.1, 0.15) is 68.1 Å². The average Bonchev–Trinajstić information content (AvgIpc) is 2.72. The Morgan fingerprint density at radius 1 is 1.21 bits per heavy atom. The zero-order chi connectivity index (χ0) is 20.5. The van der Waals surface area contributed by atoms with Gasteiger partial charge in [0.2, 0.25) is 0 Å². The zero-order valence-corrected chi connectivity index (χ0v) is 18.1. The number of nitrogens with one attached hydrogen (secondary N) is 2. The molecule has 162 valence electrons. The van der Waals surface area contributed by atoms with E-state index in [1.165, 1.54) is 44.9 Å². The van der Waals surface area contributed by atoms with Crippen molar-refractivity contribution in [2.45, 2.75) is 57.8 Å². The number of hydrogen-bond acceptors (Lipinski definition) is 4. The van der Waals surface area contributed by atoms with Gasteiger partial charge in [-0.1, -0.05) is 37.3 Å². The Labute approximate surface area is 179 Å². The molecule has 0 heterocycles. The number of hydrogen-bond donors (Lipinski definition) is 3. The van der Waals surface area contributed by atoms with Crippen LogP contribution in [0.25, 0.3) is 0 Å². The summed E-state index contributed by atoms with van der Waals surface area (Å²) < 4.78 is 5.79. The van der Waals surface area contributed by atoms with Gasteiger partial charge < -0.3 is 20.5 Å². The molecule has 5 nitrogen and oxygen atoms in total. The SMILES string of the molecule is O=C(NCC12CCCC(CCC1)C2)c1cc(OCCCNCCCO)ccc1Cl. The Kier molecular flexibility index (Phi) is 8.64. The van der Waals surface area contributed by atoms with Crippen molar-refractivity contribution in [3.05, 3.63) is 28.8 Å². The summed E-state index contributed by atoms with van der Waals surface area (Å²) in [6.07, 6.45) is 10.6. The fourth-order valence-corrected chi connectivity index (χ4v) is 5.12. The van der Waals surface area contributed by atoms with Gasteiger partial charge in [0, 0.05) is 13.2 Å². The molecule has 3 rings (SSSR count). The van der Waals surface area contributed by atoms with Crippen LogP contribution in [0.4, 0.5) is 0 Å². The molecule has 0 aromatic heterocycles. The van der Waals surface area contributed by atoms with E-state index in [1.807, 2.05) is 6.07 Å². The van der Waals surface area contributed by atoms with E-state index in [-0.39, 0.29) is 12.5 Å². The first kappa shape index (κ1) is 22.4. The first-order chi connectivity index (χ1) is 14.1. The summed E-state index contributed by atoms with van der Waals surface area (Å²) >= 11 is 6.30. The smallest absolute Gasteiger partial charge is 0.252 e. The largest absolute Gasteiger partial charge is 0.494 e. The molecule has 2 fully saturated rings. The number of aliphatic hydroxyl groups excluding tert-OH is 1. The fraction of sp³-hybridized carbons (Fsp3) is 0.696. The van der Waals surface area contributed by atoms with Gasteiger partial charge in [-0.2, -0.15) is 0 Å². The summed E-state index contributed by atoms with van der Waals surface area (Å²) in [7, 11) is 0. The van der Waals surface area contributed by atoms with Crippen LogP contribution < -0.4 is 15.4 Å². The van der Waals surface area contributed by atoms with Crippen LogP contribution in [0.2, 0.25) is 5.02 Å². The van der Waals surface area contributed by atoms with Gasteiger partial charge in [-0.3, -0.25) is 4.79 Å². The number of rotatable bonds is 11. The normalized spacial score (nSPS) is 23.6. The number of benzene rings is 1. The molecule has 29 heavy (non-hydrogen) atoms. The third-order valence-electron chi connectivity index (χ3n) is 6.45. The molecule has 1 amide bonds. The van der Waals surface area contributed by atoms with Crippen molar-refractivity contribution in [1.82, 2.24) is 10.6 Å². The van der Waals surface area contributed by atoms with Crippen molar-refractivity contribution in [3.63, 3.8) is 0 Å². The van der Waals surface area contributed by atoms with Crippen LogP contribution >= 0.6 is 11.6 Å². The zero-order valence-electron chi connectivity index (χ0n) is 17.4. The molecule has 2 aliphatic rings. The molecular weight excluding hydrogens is 388 g/mol. The maximum Gasteiger partial charge on any atom is 0.252 e. The molecule has 0 saturated heterocycles. The summed E-state index contributed by atoms with van der Waals surface area (Å²) in [4.78, 5) is 12.8. The summed E-state index contributed by atoms with van der Waals surface area (Å²) in [5.41, 5.74) is 0.783. The lowest BCUT2D eigenvalue weighted by molar-refractivity contribution is 0.0681. The van der Waals surface area contributed by atoms with E-state index in [1.54, 1.807) is 12.1 Å². The Bertz CT molecular complexity index is 658. The summed E-state index contributed by atoms with van der Waals surface area (Å²) in [5, 5.41) is 15.6. The topological polar surface area (TPSA) is 70.6 Å². The van der Waals surface area contributed by atoms with Crippen LogP contribution in [0.15, 0.2) is 18.2 Å². The first-order valence-electron chi connectivity index (χ1n) is 11.1. The second kappa shape index (κ2) is 11.2. The van der Waals surface area contributed by atoms with E-state index in [0.717, 1.165) is 38.4 Å². The summed E-state index contributed by atoms with van der Waals surface area (Å²) in [6, 6.07) is 5.30. The minimum absolute atomic E-state index is 0.104. The van der Waals surface area contributed by atoms with Gasteiger partial charge in [-0.25, -0.2) is 0 Å². The quantitative estimate of drug-likeness (QED) is 0.468. The monoisotopic (exact) mass is 422 g/mol. The molecule has 1 aromatic carbocycles. The standard InChI is InChI=1S/C23H35ClN2O3/c24-21-8-7-19(29-14-4-12-25-11-3-13-27)15-20(21)22(28)26-17-23-9-1-5-18(16-23)6-2-10-23/h7-8,15,18,25,27H,1-6,9-14,16-17H2,(H,26,28). The Hall–Kier alpha value is -1.30. The molecule has 2 saturated carbocycles. The molecule has 2 aliphatic carbocycles. The van der Waals surface area contributed by atoms with Gasteiger partial charge in [0.05, 0.1) is 17.2 Å². The fourth-order valence-electron chi connectivity index (χ4n) is 4.92. The van der Waals surface area contributed by atoms with Gasteiger partial charge in [-0.05, 0) is 74.7 Å². The van der Waals surface area contributed by atoms with Crippen molar-refractivity contribution in [1.29, 1.82) is 0 Å². The van der Waals surface area contributed by atoms with Crippen LogP contribution in [-0.4, -0.2) is 43.9 Å². The predicted molar refractivity (Wildman–Crippen MR) is 117 cm³/mol. The van der Waals surface area contributed by atoms with Crippen molar-refractivity contribution in [2.24, 2.45) is 11.3 Å². The third-order valence-corrected chi connectivity index (χ3v) is 6.77. The van der Waals surface area contributed by atoms with Crippen LogP contribution in [0.3, 0.4) is 0 Å². The minimum atomic E-state index is -0.104. The third kappa shape index (κ3) is 6.59. The molecule has 0 aliphatic heterocycles. The highest BCUT2D eigenvalue weighted by Crippen LogP contribution is 2.48. The molecule has 0 unspecified atom stereocenters. The Balaban J connectivity index is 1.48. The maximum atomic E-state index is 12.8. The van der Waals surface area contributed by atoms with Crippen LogP contribution in [-0.2, 0) is 0 Å². The molecule has 0 radical (unpaired) electrons. The highest BCUT2D eigenvalue weighted by atomic mass is 35.5. The van der Waals surface area contributed by atoms with Crippen LogP contribution in [0.5, 0.6) is 5.75 Å². The second-order valence-electron chi connectivity index (χ2n) is 8.71. The summed E-state index contributed by atoms with van der Waals surface area (Å²) in [5.74, 6) is 1.42. The Morgan fingerprint density at radius 2 is 1.97 bits per heavy atom. The summed E-state index contributed by atoms with van der Waals surface area (Å²) in [6.45, 7) is 3.18. The molecule has 0 spiro atoms. The van der Waals surface area contributed by atoms with E-state index in [0.29, 0.717) is 28.4 Å². The van der Waals surface area contributed by atoms with E-state index >= 15 is 0 Å². The second-order valence-corrected chi connectivity index (χ2v) is 9.12. The van der Waals surface area contributed by atoms with Crippen molar-refractivity contribution in [3.8, 4) is 5.75 Å². The van der Waals surface area contributed by atoms with Crippen molar-refractivity contribution in [2.75, 3.05) is 32.8 Å². The average molecular weight is 423 g/mol. The number of aliphatic hydroxyl groups is 1. The highest BCUT2D eigenvalue weighted by molar-refractivity contribution is 6.33. The lowest BCUT2D eigenvalue weighted by atomic mass is 9.62. The number of carbonyl (C=O) groups excluding carboxylic acids is 1. The van der Waals surface area contributed by atoms with Crippen LogP contribution in [0, 0.1) is 11.3 Å². The molecule has 1 aromatic rings. The lowest BCUT2D eigenvalue weighted by Gasteiger charge is -2.45. The van der Waals surface area contributed by atoms with Crippen molar-refractivity contribution >= 4 is 17.5 Å². The van der Waals surface area contributed by atoms with E-state index in [4.69, 9.17) is 21.4 Å². The molecule has 2 bridgehead atoms. The first-order valence-corrected chi connectivity index (χ1v) is 11.5. The molecule has 3 N–H and O–H groups in total. The maximum absolute atomic E-state index is 12.8. The molecule has 6 heteroatoms. The number of amides is 1. The van der Waals surface area contributed by atoms with Crippen molar-refractivity contribution < 1.29 is 14.6 Å². The number of carbonyl (C=O) groups is 1. The van der Waals surface area contributed by atoms with E-state index < -0.39 is 0 Å². The number of fused-ring (bicyclic) bond motifs is 2. The highest BCUT2D eigenvalue weighted by Gasteiger charge is 2.39. The Morgan fingerprint density at radius 3 is 2.72 bits per heavy atom. The van der Waals surface area contributed by atoms with E-state index in [9.17, 15) is 4.79 Å². The molecular formula is C23H35ClN2O3. The van der Waals surface area contributed by atoms with E-state index in [2.05, 4.69) is 10.6 Å². The minimum Gasteiger partial charge on any atom is -0.494 e. The van der Waals surface area contributed by atoms with Gasteiger partial charge in [-0.15, -0.1) is 0 Å².